The number of fused-ring (bicyclic) bond motifs is 1. The third-order valence-electron chi connectivity index (χ3n) is 4.74. The van der Waals surface area contributed by atoms with Gasteiger partial charge in [-0.15, -0.1) is 0 Å². The van der Waals surface area contributed by atoms with Crippen LogP contribution in [0.3, 0.4) is 0 Å². The van der Waals surface area contributed by atoms with Gasteiger partial charge in [0.25, 0.3) is 0 Å². The minimum Gasteiger partial charge on any atom is -0.454 e. The molecule has 3 aromatic rings. The number of ether oxygens (including phenoxy) is 2. The molecule has 0 unspecified atom stereocenters. The van der Waals surface area contributed by atoms with Crippen LogP contribution in [-0.4, -0.2) is 41.2 Å². The lowest BCUT2D eigenvalue weighted by Crippen LogP contribution is -2.30. The molecule has 144 valence electrons. The molecule has 7 nitrogen and oxygen atoms in total. The molecule has 1 aliphatic heterocycles. The third kappa shape index (κ3) is 3.83. The van der Waals surface area contributed by atoms with E-state index >= 15 is 0 Å². The molecule has 3 heterocycles. The van der Waals surface area contributed by atoms with Gasteiger partial charge in [-0.1, -0.05) is 0 Å². The number of nitrogens with zero attached hydrogens (tertiary/aromatic N) is 3. The van der Waals surface area contributed by atoms with Crippen molar-refractivity contribution in [3.05, 3.63) is 59.7 Å². The lowest BCUT2D eigenvalue weighted by atomic mass is 10.2. The Labute approximate surface area is 162 Å². The predicted molar refractivity (Wildman–Crippen MR) is 102 cm³/mol. The summed E-state index contributed by atoms with van der Waals surface area (Å²) < 4.78 is 16.5. The Kier molecular flexibility index (Phi) is 4.97. The second-order valence-corrected chi connectivity index (χ2v) is 6.69. The van der Waals surface area contributed by atoms with Crippen LogP contribution in [-0.2, 0) is 17.6 Å². The molecule has 0 N–H and O–H groups in total. The standard InChI is InChI=1S/C21H21N3O4/c1-14-17(12-20(25)24(2)10-7-15-5-8-22-9-6-15)23-21(28-14)16-3-4-18-19(11-16)27-13-26-18/h3-6,8-9,11H,7,10,12-13H2,1-2H3. The number of carbonyl (C=O) groups is 1. The highest BCUT2D eigenvalue weighted by Crippen LogP contribution is 2.36. The van der Waals surface area contributed by atoms with Crippen LogP contribution in [0.5, 0.6) is 11.5 Å². The van der Waals surface area contributed by atoms with Crippen molar-refractivity contribution in [3.63, 3.8) is 0 Å². The molecule has 0 bridgehead atoms. The monoisotopic (exact) mass is 379 g/mol. The molecule has 0 fully saturated rings. The van der Waals surface area contributed by atoms with E-state index in [4.69, 9.17) is 13.9 Å². The summed E-state index contributed by atoms with van der Waals surface area (Å²) in [6, 6.07) is 9.44. The average Bonchev–Trinajstić information content (AvgIpc) is 3.33. The second kappa shape index (κ2) is 7.72. The minimum atomic E-state index is 0.00249. The number of pyridine rings is 1. The molecule has 2 aromatic heterocycles. The molecule has 1 amide bonds. The Bertz CT molecular complexity index is 985. The quantitative estimate of drug-likeness (QED) is 0.655. The van der Waals surface area contributed by atoms with Gasteiger partial charge in [0.15, 0.2) is 11.5 Å². The summed E-state index contributed by atoms with van der Waals surface area (Å²) in [6.07, 6.45) is 4.50. The molecule has 0 aliphatic carbocycles. The highest BCUT2D eigenvalue weighted by Gasteiger charge is 2.19. The molecule has 4 rings (SSSR count). The predicted octanol–water partition coefficient (Wildman–Crippen LogP) is 3.02. The maximum Gasteiger partial charge on any atom is 0.231 e. The van der Waals surface area contributed by atoms with Crippen molar-refractivity contribution in [1.82, 2.24) is 14.9 Å². The Balaban J connectivity index is 1.41. The Morgan fingerprint density at radius 3 is 2.75 bits per heavy atom. The molecule has 0 radical (unpaired) electrons. The molecule has 0 saturated heterocycles. The van der Waals surface area contributed by atoms with Crippen LogP contribution in [0.1, 0.15) is 17.0 Å². The molecule has 28 heavy (non-hydrogen) atoms. The summed E-state index contributed by atoms with van der Waals surface area (Å²) in [5, 5.41) is 0. The van der Waals surface area contributed by atoms with E-state index in [1.807, 2.05) is 37.3 Å². The summed E-state index contributed by atoms with van der Waals surface area (Å²) >= 11 is 0. The molecule has 1 aromatic carbocycles. The van der Waals surface area contributed by atoms with Crippen molar-refractivity contribution in [2.24, 2.45) is 0 Å². The van der Waals surface area contributed by atoms with Crippen molar-refractivity contribution in [2.75, 3.05) is 20.4 Å². The van der Waals surface area contributed by atoms with E-state index in [9.17, 15) is 4.79 Å². The van der Waals surface area contributed by atoms with Gasteiger partial charge in [0.05, 0.1) is 12.1 Å². The van der Waals surface area contributed by atoms with Crippen LogP contribution in [0.4, 0.5) is 0 Å². The zero-order valence-electron chi connectivity index (χ0n) is 15.8. The molecular weight excluding hydrogens is 358 g/mol. The lowest BCUT2D eigenvalue weighted by Gasteiger charge is -2.16. The molecular formula is C21H21N3O4. The van der Waals surface area contributed by atoms with Gasteiger partial charge in [-0.2, -0.15) is 0 Å². The smallest absolute Gasteiger partial charge is 0.231 e. The first-order chi connectivity index (χ1) is 13.6. The molecule has 7 heteroatoms. The van der Waals surface area contributed by atoms with Gasteiger partial charge >= 0.3 is 0 Å². The summed E-state index contributed by atoms with van der Waals surface area (Å²) in [5.74, 6) is 2.49. The Morgan fingerprint density at radius 2 is 1.93 bits per heavy atom. The fourth-order valence-corrected chi connectivity index (χ4v) is 2.99. The van der Waals surface area contributed by atoms with Crippen LogP contribution in [0, 0.1) is 6.92 Å². The number of aromatic nitrogens is 2. The highest BCUT2D eigenvalue weighted by atomic mass is 16.7. The van der Waals surface area contributed by atoms with Gasteiger partial charge in [-0.25, -0.2) is 4.98 Å². The Morgan fingerprint density at radius 1 is 1.14 bits per heavy atom. The largest absolute Gasteiger partial charge is 0.454 e. The zero-order valence-corrected chi connectivity index (χ0v) is 15.8. The number of oxazole rings is 1. The molecule has 0 atom stereocenters. The number of hydrogen-bond acceptors (Lipinski definition) is 6. The van der Waals surface area contributed by atoms with Crippen molar-refractivity contribution >= 4 is 5.91 Å². The SMILES string of the molecule is Cc1oc(-c2ccc3c(c2)OCO3)nc1CC(=O)N(C)CCc1ccncc1. The Hall–Kier alpha value is -3.35. The van der Waals surface area contributed by atoms with Gasteiger partial charge in [-0.05, 0) is 49.2 Å². The number of aryl methyl sites for hydroxylation is 1. The first kappa shape index (κ1) is 18.0. The summed E-state index contributed by atoms with van der Waals surface area (Å²) in [5.41, 5.74) is 2.59. The number of rotatable bonds is 6. The first-order valence-corrected chi connectivity index (χ1v) is 9.09. The van der Waals surface area contributed by atoms with E-state index in [0.717, 1.165) is 17.5 Å². The van der Waals surface area contributed by atoms with E-state index < -0.39 is 0 Å². The fraction of sp³-hybridized carbons (Fsp3) is 0.286. The van der Waals surface area contributed by atoms with Crippen LogP contribution in [0.25, 0.3) is 11.5 Å². The maximum atomic E-state index is 12.6. The van der Waals surface area contributed by atoms with Crippen molar-refractivity contribution in [2.45, 2.75) is 19.8 Å². The van der Waals surface area contributed by atoms with E-state index in [2.05, 4.69) is 9.97 Å². The van der Waals surface area contributed by atoms with Crippen molar-refractivity contribution < 1.29 is 18.7 Å². The van der Waals surface area contributed by atoms with Crippen LogP contribution in [0.15, 0.2) is 47.1 Å². The van der Waals surface area contributed by atoms with Crippen LogP contribution >= 0.6 is 0 Å². The van der Waals surface area contributed by atoms with Gasteiger partial charge in [-0.3, -0.25) is 9.78 Å². The summed E-state index contributed by atoms with van der Waals surface area (Å²) in [7, 11) is 1.80. The summed E-state index contributed by atoms with van der Waals surface area (Å²) in [6.45, 7) is 2.67. The zero-order chi connectivity index (χ0) is 19.5. The van der Waals surface area contributed by atoms with Gasteiger partial charge < -0.3 is 18.8 Å². The molecule has 0 spiro atoms. The second-order valence-electron chi connectivity index (χ2n) is 6.69. The minimum absolute atomic E-state index is 0.00249. The van der Waals surface area contributed by atoms with E-state index in [1.54, 1.807) is 24.3 Å². The number of benzene rings is 1. The average molecular weight is 379 g/mol. The highest BCUT2D eigenvalue weighted by molar-refractivity contribution is 5.78. The van der Waals surface area contributed by atoms with E-state index in [1.165, 1.54) is 0 Å². The third-order valence-corrected chi connectivity index (χ3v) is 4.74. The van der Waals surface area contributed by atoms with Crippen molar-refractivity contribution in [1.29, 1.82) is 0 Å². The van der Waals surface area contributed by atoms with Crippen molar-refractivity contribution in [3.8, 4) is 23.0 Å². The molecule has 1 aliphatic rings. The van der Waals surface area contributed by atoms with Gasteiger partial charge in [0.1, 0.15) is 5.76 Å². The number of amides is 1. The topological polar surface area (TPSA) is 77.7 Å². The van der Waals surface area contributed by atoms with Gasteiger partial charge in [0, 0.05) is 31.5 Å². The number of carbonyl (C=O) groups excluding carboxylic acids is 1. The number of hydrogen-bond donors (Lipinski definition) is 0. The normalized spacial score (nSPS) is 12.2. The summed E-state index contributed by atoms with van der Waals surface area (Å²) in [4.78, 5) is 22.8. The fourth-order valence-electron chi connectivity index (χ4n) is 2.99. The lowest BCUT2D eigenvalue weighted by molar-refractivity contribution is -0.129. The number of likely N-dealkylation sites (N-methyl/N-ethyl adjacent to an activating group) is 1. The van der Waals surface area contributed by atoms with Crippen LogP contribution < -0.4 is 9.47 Å². The van der Waals surface area contributed by atoms with Gasteiger partial charge in [0.2, 0.25) is 18.6 Å². The maximum absolute atomic E-state index is 12.6. The first-order valence-electron chi connectivity index (χ1n) is 9.09. The molecule has 0 saturated carbocycles. The van der Waals surface area contributed by atoms with E-state index in [0.29, 0.717) is 35.4 Å². The van der Waals surface area contributed by atoms with E-state index in [-0.39, 0.29) is 19.1 Å². The van der Waals surface area contributed by atoms with Crippen LogP contribution in [0.2, 0.25) is 0 Å².